The Labute approximate surface area is 172 Å². The number of allylic oxidation sites excluding steroid dienone is 1. The van der Waals surface area contributed by atoms with Crippen LogP contribution in [0.25, 0.3) is 5.65 Å². The minimum atomic E-state index is -0.791. The van der Waals surface area contributed by atoms with Gasteiger partial charge in [-0.25, -0.2) is 18.7 Å². The maximum absolute atomic E-state index is 13.9. The van der Waals surface area contributed by atoms with Crippen LogP contribution in [-0.4, -0.2) is 53.2 Å². The van der Waals surface area contributed by atoms with E-state index in [-0.39, 0.29) is 29.5 Å². The lowest BCUT2D eigenvalue weighted by molar-refractivity contribution is -0.153. The minimum absolute atomic E-state index is 0.0434. The van der Waals surface area contributed by atoms with Crippen molar-refractivity contribution < 1.29 is 28.2 Å². The number of fused-ring (bicyclic) bond motifs is 1. The number of methoxy groups -OCH3 is 2. The summed E-state index contributed by atoms with van der Waals surface area (Å²) >= 11 is 0. The van der Waals surface area contributed by atoms with Crippen LogP contribution in [0.4, 0.5) is 4.39 Å². The fourth-order valence-electron chi connectivity index (χ4n) is 3.56. The van der Waals surface area contributed by atoms with E-state index in [4.69, 9.17) is 4.74 Å². The summed E-state index contributed by atoms with van der Waals surface area (Å²) in [6.07, 6.45) is 5.34. The second-order valence-electron chi connectivity index (χ2n) is 7.12. The number of nitrogens with one attached hydrogen (secondary N) is 1. The largest absolute Gasteiger partial charge is 0.469 e. The zero-order valence-corrected chi connectivity index (χ0v) is 17.0. The Morgan fingerprint density at radius 3 is 2.67 bits per heavy atom. The molecule has 10 heteroatoms. The van der Waals surface area contributed by atoms with Crippen LogP contribution in [0.15, 0.2) is 23.9 Å². The molecule has 1 amide bonds. The van der Waals surface area contributed by atoms with Gasteiger partial charge in [-0.2, -0.15) is 5.10 Å². The molecule has 3 rings (SSSR count). The summed E-state index contributed by atoms with van der Waals surface area (Å²) in [4.78, 5) is 40.5. The fourth-order valence-corrected chi connectivity index (χ4v) is 3.56. The number of amides is 1. The van der Waals surface area contributed by atoms with Gasteiger partial charge in [0.15, 0.2) is 17.2 Å². The van der Waals surface area contributed by atoms with Gasteiger partial charge in [0.05, 0.1) is 25.8 Å². The molecule has 0 saturated heterocycles. The molecular weight excluding hydrogens is 395 g/mol. The van der Waals surface area contributed by atoms with E-state index in [2.05, 4.69) is 20.1 Å². The van der Waals surface area contributed by atoms with Crippen LogP contribution >= 0.6 is 0 Å². The average molecular weight is 418 g/mol. The lowest BCUT2D eigenvalue weighted by Crippen LogP contribution is -2.35. The van der Waals surface area contributed by atoms with Crippen molar-refractivity contribution >= 4 is 23.5 Å². The smallest absolute Gasteiger partial charge is 0.356 e. The summed E-state index contributed by atoms with van der Waals surface area (Å²) in [5.74, 6) is -2.32. The highest BCUT2D eigenvalue weighted by molar-refractivity contribution is 5.96. The van der Waals surface area contributed by atoms with Crippen molar-refractivity contribution in [2.45, 2.75) is 32.6 Å². The number of nitrogens with zero attached hydrogens (tertiary/aromatic N) is 3. The first kappa shape index (κ1) is 21.4. The Balaban J connectivity index is 1.77. The lowest BCUT2D eigenvalue weighted by Gasteiger charge is -2.32. The third-order valence-corrected chi connectivity index (χ3v) is 5.53. The van der Waals surface area contributed by atoms with E-state index in [1.165, 1.54) is 20.3 Å². The van der Waals surface area contributed by atoms with Crippen molar-refractivity contribution in [3.63, 3.8) is 0 Å². The molecule has 30 heavy (non-hydrogen) atoms. The highest BCUT2D eigenvalue weighted by Gasteiger charge is 2.38. The quantitative estimate of drug-likeness (QED) is 0.564. The molecule has 0 radical (unpaired) electrons. The van der Waals surface area contributed by atoms with Gasteiger partial charge in [-0.05, 0) is 25.7 Å². The van der Waals surface area contributed by atoms with Gasteiger partial charge in [0.1, 0.15) is 5.69 Å². The number of hydrogen-bond acceptors (Lipinski definition) is 7. The zero-order valence-electron chi connectivity index (χ0n) is 17.0. The predicted molar refractivity (Wildman–Crippen MR) is 103 cm³/mol. The van der Waals surface area contributed by atoms with Gasteiger partial charge in [-0.1, -0.05) is 18.6 Å². The zero-order chi connectivity index (χ0) is 21.9. The summed E-state index contributed by atoms with van der Waals surface area (Å²) in [6.45, 7) is 2.20. The monoisotopic (exact) mass is 418 g/mol. The number of rotatable bonds is 6. The van der Waals surface area contributed by atoms with Crippen molar-refractivity contribution in [2.75, 3.05) is 20.8 Å². The highest BCUT2D eigenvalue weighted by Crippen LogP contribution is 2.39. The Morgan fingerprint density at radius 2 is 2.07 bits per heavy atom. The molecule has 2 aromatic rings. The molecule has 0 saturated carbocycles. The fraction of sp³-hybridized carbons (Fsp3) is 0.450. The van der Waals surface area contributed by atoms with E-state index in [0.29, 0.717) is 25.7 Å². The molecular formula is C20H23FN4O5. The first-order valence-electron chi connectivity index (χ1n) is 9.52. The molecule has 1 unspecified atom stereocenters. The second-order valence-corrected chi connectivity index (χ2v) is 7.12. The topological polar surface area (TPSA) is 112 Å². The first-order valence-corrected chi connectivity index (χ1v) is 9.52. The van der Waals surface area contributed by atoms with Crippen LogP contribution < -0.4 is 5.32 Å². The minimum Gasteiger partial charge on any atom is -0.469 e. The normalized spacial score (nSPS) is 18.6. The average Bonchev–Trinajstić information content (AvgIpc) is 3.16. The molecule has 0 bridgehead atoms. The van der Waals surface area contributed by atoms with Gasteiger partial charge in [0.25, 0.3) is 5.91 Å². The van der Waals surface area contributed by atoms with Gasteiger partial charge < -0.3 is 14.8 Å². The van der Waals surface area contributed by atoms with Crippen LogP contribution in [0.1, 0.15) is 53.6 Å². The molecule has 2 aromatic heterocycles. The summed E-state index contributed by atoms with van der Waals surface area (Å²) in [5, 5.41) is 6.58. The van der Waals surface area contributed by atoms with E-state index in [1.54, 1.807) is 0 Å². The van der Waals surface area contributed by atoms with Gasteiger partial charge >= 0.3 is 11.9 Å². The standard InChI is InChI=1S/C20H23FN4O5/c1-4-20(19(28)30-3)7-5-12(6-8-20)10-22-17(26)15-9-14(18(27)29-2)24-16-13(21)11-23-25(15)16/h5,9,11H,4,6-8,10H2,1-3H3,(H,22,26). The second kappa shape index (κ2) is 8.60. The third kappa shape index (κ3) is 3.89. The molecule has 1 aliphatic carbocycles. The molecule has 0 aromatic carbocycles. The molecule has 0 fully saturated rings. The molecule has 0 aliphatic heterocycles. The Hall–Kier alpha value is -3.30. The molecule has 9 nitrogen and oxygen atoms in total. The maximum atomic E-state index is 13.9. The maximum Gasteiger partial charge on any atom is 0.356 e. The molecule has 160 valence electrons. The number of aromatic nitrogens is 3. The van der Waals surface area contributed by atoms with Gasteiger partial charge in [-0.3, -0.25) is 9.59 Å². The number of ether oxygens (including phenoxy) is 2. The van der Waals surface area contributed by atoms with E-state index in [1.807, 2.05) is 13.0 Å². The Bertz CT molecular complexity index is 1030. The van der Waals surface area contributed by atoms with Crippen LogP contribution in [0.3, 0.4) is 0 Å². The van der Waals surface area contributed by atoms with Gasteiger partial charge in [0, 0.05) is 12.6 Å². The molecule has 2 heterocycles. The summed E-state index contributed by atoms with van der Waals surface area (Å²) in [7, 11) is 2.55. The van der Waals surface area contributed by atoms with Crippen molar-refractivity contribution in [3.8, 4) is 0 Å². The van der Waals surface area contributed by atoms with Crippen molar-refractivity contribution in [3.05, 3.63) is 41.1 Å². The summed E-state index contributed by atoms with van der Waals surface area (Å²) in [5.41, 5.74) is -0.0377. The summed E-state index contributed by atoms with van der Waals surface area (Å²) < 4.78 is 24.5. The van der Waals surface area contributed by atoms with Gasteiger partial charge in [-0.15, -0.1) is 0 Å². The number of carbonyl (C=O) groups is 3. The van der Waals surface area contributed by atoms with E-state index in [9.17, 15) is 18.8 Å². The number of carbonyl (C=O) groups excluding carboxylic acids is 3. The van der Waals surface area contributed by atoms with E-state index < -0.39 is 23.1 Å². The molecule has 1 aliphatic rings. The van der Waals surface area contributed by atoms with Crippen molar-refractivity contribution in [1.29, 1.82) is 0 Å². The van der Waals surface area contributed by atoms with E-state index >= 15 is 0 Å². The van der Waals surface area contributed by atoms with Crippen LogP contribution in [0, 0.1) is 11.2 Å². The Kier molecular flexibility index (Phi) is 6.14. The van der Waals surface area contributed by atoms with Crippen LogP contribution in [0.5, 0.6) is 0 Å². The highest BCUT2D eigenvalue weighted by atomic mass is 19.1. The molecule has 1 N–H and O–H groups in total. The number of halogens is 1. The van der Waals surface area contributed by atoms with Crippen molar-refractivity contribution in [2.24, 2.45) is 5.41 Å². The van der Waals surface area contributed by atoms with E-state index in [0.717, 1.165) is 16.3 Å². The number of esters is 2. The third-order valence-electron chi connectivity index (χ3n) is 5.53. The lowest BCUT2D eigenvalue weighted by atomic mass is 9.73. The van der Waals surface area contributed by atoms with Crippen molar-refractivity contribution in [1.82, 2.24) is 19.9 Å². The summed E-state index contributed by atoms with van der Waals surface area (Å²) in [6, 6.07) is 1.20. The molecule has 0 spiro atoms. The first-order chi connectivity index (χ1) is 14.3. The predicted octanol–water partition coefficient (Wildman–Crippen LogP) is 2.06. The van der Waals surface area contributed by atoms with Crippen LogP contribution in [-0.2, 0) is 14.3 Å². The number of hydrogen-bond donors (Lipinski definition) is 1. The Morgan fingerprint density at radius 1 is 1.30 bits per heavy atom. The van der Waals surface area contributed by atoms with Crippen LogP contribution in [0.2, 0.25) is 0 Å². The van der Waals surface area contributed by atoms with Gasteiger partial charge in [0.2, 0.25) is 0 Å². The molecule has 1 atom stereocenters. The SMILES string of the molecule is CCC1(C(=O)OC)CC=C(CNC(=O)c2cc(C(=O)OC)nc3c(F)cnn23)CC1.